The molecule has 0 bridgehead atoms. The molecule has 2 heteroatoms. The van der Waals surface area contributed by atoms with Gasteiger partial charge >= 0.3 is 0 Å². The van der Waals surface area contributed by atoms with E-state index < -0.39 is 0 Å². The summed E-state index contributed by atoms with van der Waals surface area (Å²) in [6.07, 6.45) is 17.5. The fourth-order valence-electron chi connectivity index (χ4n) is 5.38. The van der Waals surface area contributed by atoms with Gasteiger partial charge in [0.15, 0.2) is 0 Å². The van der Waals surface area contributed by atoms with Gasteiger partial charge in [-0.25, -0.2) is 0 Å². The van der Waals surface area contributed by atoms with Crippen molar-refractivity contribution in [2.75, 3.05) is 0 Å². The van der Waals surface area contributed by atoms with Gasteiger partial charge in [-0.05, 0) is 35.1 Å². The van der Waals surface area contributed by atoms with Crippen molar-refractivity contribution in [2.45, 2.75) is 103 Å². The predicted octanol–water partition coefficient (Wildman–Crippen LogP) is 8.44. The summed E-state index contributed by atoms with van der Waals surface area (Å²) in [6.45, 7) is 4.61. The van der Waals surface area contributed by atoms with Crippen LogP contribution in [0.4, 0.5) is 0 Å². The Morgan fingerprint density at radius 3 is 1.50 bits per heavy atom. The summed E-state index contributed by atoms with van der Waals surface area (Å²) in [5.41, 5.74) is 6.44. The number of unbranched alkanes of at least 4 members (excludes halogenated alkanes) is 6. The van der Waals surface area contributed by atoms with Crippen molar-refractivity contribution < 1.29 is 0 Å². The van der Waals surface area contributed by atoms with Crippen LogP contribution in [0, 0.1) is 0 Å². The quantitative estimate of drug-likeness (QED) is 0.278. The van der Waals surface area contributed by atoms with E-state index in [-0.39, 0.29) is 5.41 Å². The summed E-state index contributed by atoms with van der Waals surface area (Å²) >= 11 is 0. The van der Waals surface area contributed by atoms with Crippen molar-refractivity contribution in [1.29, 1.82) is 0 Å². The van der Waals surface area contributed by atoms with Crippen LogP contribution in [0.2, 0.25) is 12.6 Å². The first kappa shape index (κ1) is 23.2. The Balaban J connectivity index is 0.000000448. The largest absolute Gasteiger partial charge is 0.0894 e. The first-order valence-electron chi connectivity index (χ1n) is 12.7. The minimum atomic E-state index is 0.259. The summed E-state index contributed by atoms with van der Waals surface area (Å²) in [5, 5.41) is 0. The SMILES string of the molecule is CCCCCCC1(CCCCCC)c2ccccc2-c2ccccc21.[B]1[B]CCC1. The fraction of sp³-hybridized carbons (Fsp3) is 0.571. The molecule has 0 spiro atoms. The van der Waals surface area contributed by atoms with Crippen molar-refractivity contribution in [2.24, 2.45) is 0 Å². The van der Waals surface area contributed by atoms with Gasteiger partial charge in [0.05, 0.1) is 14.3 Å². The maximum absolute atomic E-state index is 2.41. The summed E-state index contributed by atoms with van der Waals surface area (Å²) < 4.78 is 0. The molecular formula is C28H40B2. The van der Waals surface area contributed by atoms with Gasteiger partial charge in [-0.1, -0.05) is 133 Å². The number of hydrogen-bond donors (Lipinski definition) is 0. The normalized spacial score (nSPS) is 15.4. The lowest BCUT2D eigenvalue weighted by Crippen LogP contribution is -2.25. The van der Waals surface area contributed by atoms with Crippen LogP contribution >= 0.6 is 0 Å². The Kier molecular flexibility index (Phi) is 9.63. The van der Waals surface area contributed by atoms with Crippen LogP contribution in [0.5, 0.6) is 0 Å². The minimum Gasteiger partial charge on any atom is -0.0894 e. The van der Waals surface area contributed by atoms with Crippen LogP contribution < -0.4 is 0 Å². The van der Waals surface area contributed by atoms with Gasteiger partial charge in [0.1, 0.15) is 0 Å². The molecular weight excluding hydrogens is 358 g/mol. The molecule has 0 saturated carbocycles. The Morgan fingerprint density at radius 2 is 1.10 bits per heavy atom. The molecule has 4 rings (SSSR count). The molecule has 0 aromatic heterocycles. The van der Waals surface area contributed by atoms with E-state index >= 15 is 0 Å². The minimum absolute atomic E-state index is 0.259. The topological polar surface area (TPSA) is 0 Å². The van der Waals surface area contributed by atoms with Crippen LogP contribution in [0.1, 0.15) is 95.6 Å². The van der Waals surface area contributed by atoms with E-state index in [4.69, 9.17) is 0 Å². The van der Waals surface area contributed by atoms with E-state index in [1.165, 1.54) is 94.4 Å². The molecule has 1 fully saturated rings. The number of rotatable bonds is 10. The standard InChI is InChI=1S/C25H34.C3H6B2/c1-3-5-7-13-19-25(20-14-8-6-4-2)23-17-11-9-15-21(23)22-16-10-12-18-24(22)25;1-2-4-5-3-1/h9-12,15-18H,3-8,13-14,19-20H2,1-2H3;1-3H2. The summed E-state index contributed by atoms with van der Waals surface area (Å²) in [4.78, 5) is 0. The van der Waals surface area contributed by atoms with Gasteiger partial charge in [-0.2, -0.15) is 0 Å². The molecule has 0 amide bonds. The van der Waals surface area contributed by atoms with Gasteiger partial charge < -0.3 is 0 Å². The maximum Gasteiger partial charge on any atom is 0.0652 e. The molecule has 0 unspecified atom stereocenters. The molecule has 2 radical (unpaired) electrons. The lowest BCUT2D eigenvalue weighted by molar-refractivity contribution is 0.401. The molecule has 2 aromatic rings. The molecule has 0 atom stereocenters. The first-order valence-corrected chi connectivity index (χ1v) is 12.7. The molecule has 1 heterocycles. The summed E-state index contributed by atoms with van der Waals surface area (Å²) in [7, 11) is 4.47. The van der Waals surface area contributed by atoms with E-state index in [0.29, 0.717) is 0 Å². The van der Waals surface area contributed by atoms with Crippen LogP contribution in [0.3, 0.4) is 0 Å². The molecule has 158 valence electrons. The van der Waals surface area contributed by atoms with Gasteiger partial charge in [-0.3, -0.25) is 0 Å². The summed E-state index contributed by atoms with van der Waals surface area (Å²) in [6, 6.07) is 18.4. The highest BCUT2D eigenvalue weighted by atomic mass is 14.4. The highest BCUT2D eigenvalue weighted by molar-refractivity contribution is 7.01. The second kappa shape index (κ2) is 12.4. The molecule has 30 heavy (non-hydrogen) atoms. The van der Waals surface area contributed by atoms with E-state index in [2.05, 4.69) is 76.7 Å². The zero-order valence-corrected chi connectivity index (χ0v) is 19.5. The van der Waals surface area contributed by atoms with E-state index in [1.54, 1.807) is 11.1 Å². The van der Waals surface area contributed by atoms with Crippen molar-refractivity contribution >= 4 is 14.3 Å². The van der Waals surface area contributed by atoms with Crippen LogP contribution in [-0.2, 0) is 5.41 Å². The van der Waals surface area contributed by atoms with Crippen molar-refractivity contribution in [3.05, 3.63) is 59.7 Å². The van der Waals surface area contributed by atoms with Crippen LogP contribution in [-0.4, -0.2) is 14.3 Å². The zero-order valence-electron chi connectivity index (χ0n) is 19.5. The fourth-order valence-corrected chi connectivity index (χ4v) is 5.38. The third kappa shape index (κ3) is 5.63. The second-order valence-corrected chi connectivity index (χ2v) is 9.20. The second-order valence-electron chi connectivity index (χ2n) is 9.20. The maximum atomic E-state index is 2.41. The van der Waals surface area contributed by atoms with Crippen LogP contribution in [0.25, 0.3) is 11.1 Å². The molecule has 1 aliphatic carbocycles. The molecule has 0 nitrogen and oxygen atoms in total. The van der Waals surface area contributed by atoms with Gasteiger partial charge in [0.25, 0.3) is 0 Å². The smallest absolute Gasteiger partial charge is 0.0652 e. The van der Waals surface area contributed by atoms with Crippen LogP contribution in [0.15, 0.2) is 48.5 Å². The summed E-state index contributed by atoms with van der Waals surface area (Å²) in [5.74, 6) is 0. The third-order valence-electron chi connectivity index (χ3n) is 7.00. The highest BCUT2D eigenvalue weighted by Gasteiger charge is 2.41. The zero-order chi connectivity index (χ0) is 21.1. The average Bonchev–Trinajstić information content (AvgIpc) is 3.46. The van der Waals surface area contributed by atoms with Crippen molar-refractivity contribution in [1.82, 2.24) is 0 Å². The lowest BCUT2D eigenvalue weighted by Gasteiger charge is -2.33. The number of benzene rings is 2. The van der Waals surface area contributed by atoms with Gasteiger partial charge in [0, 0.05) is 5.41 Å². The monoisotopic (exact) mass is 398 g/mol. The number of hydrogen-bond acceptors (Lipinski definition) is 0. The predicted molar refractivity (Wildman–Crippen MR) is 136 cm³/mol. The van der Waals surface area contributed by atoms with Gasteiger partial charge in [-0.15, -0.1) is 0 Å². The molecule has 1 saturated heterocycles. The Hall–Kier alpha value is -1.43. The number of fused-ring (bicyclic) bond motifs is 3. The Bertz CT molecular complexity index is 681. The van der Waals surface area contributed by atoms with E-state index in [0.717, 1.165) is 0 Å². The van der Waals surface area contributed by atoms with E-state index in [9.17, 15) is 0 Å². The Morgan fingerprint density at radius 1 is 0.633 bits per heavy atom. The first-order chi connectivity index (χ1) is 14.8. The average molecular weight is 398 g/mol. The van der Waals surface area contributed by atoms with Crippen molar-refractivity contribution in [3.63, 3.8) is 0 Å². The molecule has 2 aromatic carbocycles. The van der Waals surface area contributed by atoms with E-state index in [1.807, 2.05) is 0 Å². The third-order valence-corrected chi connectivity index (χ3v) is 7.00. The molecule has 1 aliphatic heterocycles. The van der Waals surface area contributed by atoms with Gasteiger partial charge in [0.2, 0.25) is 0 Å². The van der Waals surface area contributed by atoms with Crippen molar-refractivity contribution in [3.8, 4) is 11.1 Å². The molecule has 0 N–H and O–H groups in total. The highest BCUT2D eigenvalue weighted by Crippen LogP contribution is 2.53. The lowest BCUT2D eigenvalue weighted by atomic mass is 9.43. The molecule has 2 aliphatic rings. The Labute approximate surface area is 187 Å².